The molecule has 1 saturated heterocycles. The van der Waals surface area contributed by atoms with Crippen LogP contribution in [0, 0.1) is 0 Å². The summed E-state index contributed by atoms with van der Waals surface area (Å²) in [6, 6.07) is 0. The summed E-state index contributed by atoms with van der Waals surface area (Å²) in [5.74, 6) is -0.243. The van der Waals surface area contributed by atoms with Crippen LogP contribution in [0.1, 0.15) is 34.6 Å². The normalized spacial score (nSPS) is 20.8. The van der Waals surface area contributed by atoms with Crippen LogP contribution in [-0.2, 0) is 9.53 Å². The maximum atomic E-state index is 11.9. The molecule has 0 aliphatic carbocycles. The molecule has 0 aromatic rings. The number of carbonyl (C=O) groups is 2. The van der Waals surface area contributed by atoms with Gasteiger partial charge in [-0.05, 0) is 34.6 Å². The maximum absolute atomic E-state index is 11.9. The summed E-state index contributed by atoms with van der Waals surface area (Å²) >= 11 is 0. The first kappa shape index (κ1) is 13.0. The average Bonchev–Trinajstić information content (AvgIpc) is 2.06. The zero-order valence-corrected chi connectivity index (χ0v) is 10.6. The van der Waals surface area contributed by atoms with E-state index in [9.17, 15) is 9.59 Å². The van der Waals surface area contributed by atoms with Gasteiger partial charge < -0.3 is 10.1 Å². The van der Waals surface area contributed by atoms with Crippen LogP contribution in [0.3, 0.4) is 0 Å². The van der Waals surface area contributed by atoms with Crippen LogP contribution >= 0.6 is 0 Å². The van der Waals surface area contributed by atoms with E-state index in [2.05, 4.69) is 5.32 Å². The van der Waals surface area contributed by atoms with Crippen molar-refractivity contribution in [1.29, 1.82) is 0 Å². The topological polar surface area (TPSA) is 58.6 Å². The summed E-state index contributed by atoms with van der Waals surface area (Å²) in [6.45, 7) is 9.81. The Bertz CT molecular complexity index is 305. The fourth-order valence-electron chi connectivity index (χ4n) is 1.49. The molecule has 0 radical (unpaired) electrons. The number of piperazine rings is 1. The van der Waals surface area contributed by atoms with Crippen LogP contribution in [0.15, 0.2) is 0 Å². The van der Waals surface area contributed by atoms with Crippen molar-refractivity contribution in [2.75, 3.05) is 13.1 Å². The van der Waals surface area contributed by atoms with Crippen molar-refractivity contribution in [3.63, 3.8) is 0 Å². The van der Waals surface area contributed by atoms with Gasteiger partial charge in [0.15, 0.2) is 0 Å². The molecule has 0 saturated carbocycles. The fourth-order valence-corrected chi connectivity index (χ4v) is 1.49. The van der Waals surface area contributed by atoms with Crippen molar-refractivity contribution in [3.8, 4) is 0 Å². The van der Waals surface area contributed by atoms with E-state index >= 15 is 0 Å². The summed E-state index contributed by atoms with van der Waals surface area (Å²) in [7, 11) is 0. The molecule has 0 bridgehead atoms. The minimum absolute atomic E-state index is 0.243. The Morgan fingerprint density at radius 3 is 2.50 bits per heavy atom. The molecule has 1 heterocycles. The van der Waals surface area contributed by atoms with Gasteiger partial charge in [-0.25, -0.2) is 9.69 Å². The molecule has 5 nitrogen and oxygen atoms in total. The summed E-state index contributed by atoms with van der Waals surface area (Å²) in [5.41, 5.74) is -1.28. The number of amides is 2. The van der Waals surface area contributed by atoms with Gasteiger partial charge in [0.05, 0.1) is 5.54 Å². The molecule has 2 amide bonds. The second-order valence-corrected chi connectivity index (χ2v) is 5.49. The van der Waals surface area contributed by atoms with Gasteiger partial charge in [0.25, 0.3) is 5.91 Å². The predicted octanol–water partition coefficient (Wildman–Crippen LogP) is 1.13. The Balaban J connectivity index is 2.73. The second-order valence-electron chi connectivity index (χ2n) is 5.49. The van der Waals surface area contributed by atoms with E-state index in [1.165, 1.54) is 4.90 Å². The number of carbonyl (C=O) groups excluding carboxylic acids is 2. The zero-order valence-electron chi connectivity index (χ0n) is 10.6. The number of imide groups is 1. The predicted molar refractivity (Wildman–Crippen MR) is 60.0 cm³/mol. The molecule has 16 heavy (non-hydrogen) atoms. The Morgan fingerprint density at radius 1 is 1.44 bits per heavy atom. The zero-order chi connectivity index (χ0) is 12.6. The lowest BCUT2D eigenvalue weighted by Gasteiger charge is -2.37. The van der Waals surface area contributed by atoms with E-state index in [0.29, 0.717) is 13.1 Å². The van der Waals surface area contributed by atoms with Crippen molar-refractivity contribution in [2.45, 2.75) is 45.8 Å². The summed E-state index contributed by atoms with van der Waals surface area (Å²) in [5, 5.41) is 3.06. The Morgan fingerprint density at radius 2 is 2.00 bits per heavy atom. The number of nitrogens with zero attached hydrogens (tertiary/aromatic N) is 1. The molecular weight excluding hydrogens is 208 g/mol. The average molecular weight is 228 g/mol. The number of ether oxygens (including phenoxy) is 1. The highest BCUT2D eigenvalue weighted by molar-refractivity contribution is 5.97. The van der Waals surface area contributed by atoms with Crippen molar-refractivity contribution in [2.24, 2.45) is 0 Å². The largest absolute Gasteiger partial charge is 0.443 e. The molecule has 1 aliphatic rings. The smallest absolute Gasteiger partial charge is 0.417 e. The molecule has 1 rings (SSSR count). The number of hydrogen-bond donors (Lipinski definition) is 1. The Hall–Kier alpha value is -1.10. The molecule has 0 spiro atoms. The Labute approximate surface area is 96.1 Å². The lowest BCUT2D eigenvalue weighted by atomic mass is 10.0. The first-order valence-electron chi connectivity index (χ1n) is 5.43. The highest BCUT2D eigenvalue weighted by Gasteiger charge is 2.39. The quantitative estimate of drug-likeness (QED) is 0.675. The van der Waals surface area contributed by atoms with Gasteiger partial charge in [0.1, 0.15) is 5.60 Å². The van der Waals surface area contributed by atoms with E-state index in [4.69, 9.17) is 4.74 Å². The molecule has 1 fully saturated rings. The van der Waals surface area contributed by atoms with E-state index in [1.807, 2.05) is 0 Å². The molecule has 1 aliphatic heterocycles. The van der Waals surface area contributed by atoms with E-state index in [0.717, 1.165) is 0 Å². The molecule has 0 aromatic heterocycles. The van der Waals surface area contributed by atoms with Gasteiger partial charge in [-0.15, -0.1) is 0 Å². The first-order valence-corrected chi connectivity index (χ1v) is 5.43. The summed E-state index contributed by atoms with van der Waals surface area (Å²) in [4.78, 5) is 24.9. The molecule has 5 heteroatoms. The Kier molecular flexibility index (Phi) is 3.28. The minimum Gasteiger partial charge on any atom is -0.443 e. The molecule has 0 unspecified atom stereocenters. The lowest BCUT2D eigenvalue weighted by molar-refractivity contribution is -0.138. The first-order chi connectivity index (χ1) is 7.13. The van der Waals surface area contributed by atoms with Crippen LogP contribution in [0.2, 0.25) is 0 Å². The fraction of sp³-hybridized carbons (Fsp3) is 0.818. The highest BCUT2D eigenvalue weighted by Crippen LogP contribution is 2.16. The van der Waals surface area contributed by atoms with E-state index in [1.54, 1.807) is 34.6 Å². The van der Waals surface area contributed by atoms with Crippen LogP contribution < -0.4 is 5.32 Å². The maximum Gasteiger partial charge on any atom is 0.417 e. The third kappa shape index (κ3) is 2.95. The van der Waals surface area contributed by atoms with Crippen molar-refractivity contribution >= 4 is 12.0 Å². The minimum atomic E-state index is -0.699. The summed E-state index contributed by atoms with van der Waals surface area (Å²) in [6.07, 6.45) is -0.563. The number of hydrogen-bond acceptors (Lipinski definition) is 4. The van der Waals surface area contributed by atoms with Crippen LogP contribution in [0.25, 0.3) is 0 Å². The van der Waals surface area contributed by atoms with Gasteiger partial charge in [-0.2, -0.15) is 0 Å². The lowest BCUT2D eigenvalue weighted by Crippen LogP contribution is -2.63. The molecule has 0 aromatic carbocycles. The number of rotatable bonds is 0. The van der Waals surface area contributed by atoms with Gasteiger partial charge in [0.2, 0.25) is 0 Å². The SMILES string of the molecule is CC(C)(C)OC(=O)N1CCNC(C)(C)C1=O. The van der Waals surface area contributed by atoms with E-state index in [-0.39, 0.29) is 5.91 Å². The van der Waals surface area contributed by atoms with Gasteiger partial charge in [-0.3, -0.25) is 4.79 Å². The third-order valence-corrected chi connectivity index (χ3v) is 2.30. The monoisotopic (exact) mass is 228 g/mol. The number of nitrogens with one attached hydrogen (secondary N) is 1. The molecule has 0 atom stereocenters. The van der Waals surface area contributed by atoms with Crippen LogP contribution in [0.5, 0.6) is 0 Å². The molecule has 1 N–H and O–H groups in total. The van der Waals surface area contributed by atoms with Crippen molar-refractivity contribution in [3.05, 3.63) is 0 Å². The van der Waals surface area contributed by atoms with Crippen LogP contribution in [0.4, 0.5) is 4.79 Å². The van der Waals surface area contributed by atoms with Gasteiger partial charge >= 0.3 is 6.09 Å². The molecule has 92 valence electrons. The van der Waals surface area contributed by atoms with Gasteiger partial charge in [-0.1, -0.05) is 0 Å². The highest BCUT2D eigenvalue weighted by atomic mass is 16.6. The second kappa shape index (κ2) is 4.05. The molecular formula is C11H20N2O3. The third-order valence-electron chi connectivity index (χ3n) is 2.30. The van der Waals surface area contributed by atoms with E-state index < -0.39 is 17.2 Å². The summed E-state index contributed by atoms with van der Waals surface area (Å²) < 4.78 is 5.18. The van der Waals surface area contributed by atoms with Gasteiger partial charge in [0, 0.05) is 13.1 Å². The van der Waals surface area contributed by atoms with Crippen LogP contribution in [-0.4, -0.2) is 41.1 Å². The van der Waals surface area contributed by atoms with Crippen molar-refractivity contribution < 1.29 is 14.3 Å². The standard InChI is InChI=1S/C11H20N2O3/c1-10(2,3)16-9(15)13-7-6-12-11(4,5)8(13)14/h12H,6-7H2,1-5H3. The van der Waals surface area contributed by atoms with Crippen molar-refractivity contribution in [1.82, 2.24) is 10.2 Å².